The fraction of sp³-hybridized carbons (Fsp3) is 0.538. The van der Waals surface area contributed by atoms with Crippen molar-refractivity contribution in [1.82, 2.24) is 19.5 Å². The quantitative estimate of drug-likeness (QED) is 0.870. The number of aromatic nitrogens is 3. The number of rotatable bonds is 3. The minimum Gasteiger partial charge on any atom is -0.325 e. The summed E-state index contributed by atoms with van der Waals surface area (Å²) in [5, 5.41) is 8.57. The number of likely N-dealkylation sites (N-methyl/N-ethyl adjacent to an activating group) is 1. The molecule has 2 aromatic rings. The number of likely N-dealkylation sites (tertiary alicyclic amines) is 1. The summed E-state index contributed by atoms with van der Waals surface area (Å²) in [5.74, 6) is 1.03. The van der Waals surface area contributed by atoms with E-state index in [4.69, 9.17) is 5.73 Å². The summed E-state index contributed by atoms with van der Waals surface area (Å²) < 4.78 is 2.10. The third kappa shape index (κ3) is 1.89. The van der Waals surface area contributed by atoms with Crippen molar-refractivity contribution < 1.29 is 0 Å². The van der Waals surface area contributed by atoms with Crippen molar-refractivity contribution in [2.75, 3.05) is 13.6 Å². The van der Waals surface area contributed by atoms with Crippen LogP contribution in [0.2, 0.25) is 0 Å². The topological polar surface area (TPSA) is 59.5 Å². The normalized spacial score (nSPS) is 20.9. The number of nitrogens with zero attached hydrogens (tertiary/aromatic N) is 4. The van der Waals surface area contributed by atoms with Crippen molar-refractivity contribution in [2.24, 2.45) is 5.73 Å². The monoisotopic (exact) mass is 245 g/mol. The van der Waals surface area contributed by atoms with Gasteiger partial charge < -0.3 is 10.6 Å². The lowest BCUT2D eigenvalue weighted by Crippen LogP contribution is -2.27. The number of fused-ring (bicyclic) bond motifs is 1. The van der Waals surface area contributed by atoms with Crippen LogP contribution in [-0.4, -0.2) is 39.1 Å². The Kier molecular flexibility index (Phi) is 3.01. The molecule has 1 aliphatic heterocycles. The van der Waals surface area contributed by atoms with E-state index < -0.39 is 0 Å². The van der Waals surface area contributed by atoms with Crippen molar-refractivity contribution in [3.05, 3.63) is 29.7 Å². The van der Waals surface area contributed by atoms with E-state index in [2.05, 4.69) is 26.5 Å². The van der Waals surface area contributed by atoms with Crippen molar-refractivity contribution in [2.45, 2.75) is 31.8 Å². The zero-order valence-corrected chi connectivity index (χ0v) is 10.7. The lowest BCUT2D eigenvalue weighted by atomic mass is 10.1. The summed E-state index contributed by atoms with van der Waals surface area (Å²) in [7, 11) is 2.19. The highest BCUT2D eigenvalue weighted by Crippen LogP contribution is 2.19. The van der Waals surface area contributed by atoms with E-state index in [0.717, 1.165) is 23.6 Å². The fourth-order valence-electron chi connectivity index (χ4n) is 2.81. The highest BCUT2D eigenvalue weighted by Gasteiger charge is 2.23. The van der Waals surface area contributed by atoms with E-state index in [0.29, 0.717) is 12.6 Å². The van der Waals surface area contributed by atoms with Crippen LogP contribution in [0.4, 0.5) is 0 Å². The maximum Gasteiger partial charge on any atom is 0.161 e. The van der Waals surface area contributed by atoms with Crippen molar-refractivity contribution in [1.29, 1.82) is 0 Å². The Morgan fingerprint density at radius 2 is 2.28 bits per heavy atom. The van der Waals surface area contributed by atoms with Gasteiger partial charge in [-0.1, -0.05) is 6.07 Å². The van der Waals surface area contributed by atoms with E-state index in [1.165, 1.54) is 19.4 Å². The zero-order valence-electron chi connectivity index (χ0n) is 10.7. The second kappa shape index (κ2) is 4.66. The summed E-state index contributed by atoms with van der Waals surface area (Å²) >= 11 is 0. The summed E-state index contributed by atoms with van der Waals surface area (Å²) in [5.41, 5.74) is 7.77. The van der Waals surface area contributed by atoms with Gasteiger partial charge >= 0.3 is 0 Å². The first-order valence-corrected chi connectivity index (χ1v) is 6.52. The summed E-state index contributed by atoms with van der Waals surface area (Å²) in [4.78, 5) is 2.41. The molecule has 18 heavy (non-hydrogen) atoms. The molecule has 0 aliphatic carbocycles. The van der Waals surface area contributed by atoms with Gasteiger partial charge in [-0.3, -0.25) is 4.40 Å². The first kappa shape index (κ1) is 11.6. The molecule has 1 fully saturated rings. The van der Waals surface area contributed by atoms with E-state index in [-0.39, 0.29) is 0 Å². The molecule has 2 aromatic heterocycles. The first-order valence-electron chi connectivity index (χ1n) is 6.52. The van der Waals surface area contributed by atoms with Crippen LogP contribution in [0, 0.1) is 0 Å². The molecule has 0 spiro atoms. The maximum absolute atomic E-state index is 5.79. The van der Waals surface area contributed by atoms with E-state index in [9.17, 15) is 0 Å². The molecule has 0 amide bonds. The summed E-state index contributed by atoms with van der Waals surface area (Å²) in [6.07, 6.45) is 3.48. The Bertz CT molecular complexity index is 547. The van der Waals surface area contributed by atoms with Gasteiger partial charge in [0, 0.05) is 24.7 Å². The van der Waals surface area contributed by atoms with Gasteiger partial charge in [0.2, 0.25) is 0 Å². The SMILES string of the molecule is CN1CCCC1Cc1nnc2cccc(CN)n12. The molecule has 0 bridgehead atoms. The van der Waals surface area contributed by atoms with Crippen molar-refractivity contribution in [3.8, 4) is 0 Å². The van der Waals surface area contributed by atoms with Gasteiger partial charge in [0.1, 0.15) is 5.82 Å². The first-order chi connectivity index (χ1) is 8.79. The second-order valence-electron chi connectivity index (χ2n) is 5.01. The van der Waals surface area contributed by atoms with Gasteiger partial charge in [0.05, 0.1) is 0 Å². The third-order valence-corrected chi connectivity index (χ3v) is 3.88. The molecule has 1 atom stereocenters. The summed E-state index contributed by atoms with van der Waals surface area (Å²) in [6, 6.07) is 6.59. The Balaban J connectivity index is 1.96. The fourth-order valence-corrected chi connectivity index (χ4v) is 2.81. The molecule has 96 valence electrons. The summed E-state index contributed by atoms with van der Waals surface area (Å²) in [6.45, 7) is 1.70. The Hall–Kier alpha value is -1.46. The highest BCUT2D eigenvalue weighted by molar-refractivity contribution is 5.40. The van der Waals surface area contributed by atoms with Crippen LogP contribution in [-0.2, 0) is 13.0 Å². The molecule has 1 unspecified atom stereocenters. The van der Waals surface area contributed by atoms with Crippen molar-refractivity contribution in [3.63, 3.8) is 0 Å². The molecule has 5 nitrogen and oxygen atoms in total. The molecule has 3 heterocycles. The minimum absolute atomic E-state index is 0.517. The average molecular weight is 245 g/mol. The predicted octanol–water partition coefficient (Wildman–Crippen LogP) is 0.825. The van der Waals surface area contributed by atoms with Crippen LogP contribution in [0.15, 0.2) is 18.2 Å². The molecular weight excluding hydrogens is 226 g/mol. The maximum atomic E-state index is 5.79. The number of nitrogens with two attached hydrogens (primary N) is 1. The van der Waals surface area contributed by atoms with E-state index >= 15 is 0 Å². The van der Waals surface area contributed by atoms with E-state index in [1.807, 2.05) is 18.2 Å². The van der Waals surface area contributed by atoms with Crippen LogP contribution in [0.3, 0.4) is 0 Å². The van der Waals surface area contributed by atoms with Gasteiger partial charge in [-0.15, -0.1) is 10.2 Å². The zero-order chi connectivity index (χ0) is 12.5. The lowest BCUT2D eigenvalue weighted by Gasteiger charge is -2.18. The van der Waals surface area contributed by atoms with Gasteiger partial charge in [-0.25, -0.2) is 0 Å². The lowest BCUT2D eigenvalue weighted by molar-refractivity contribution is 0.305. The minimum atomic E-state index is 0.517. The number of hydrogen-bond donors (Lipinski definition) is 1. The molecule has 0 saturated carbocycles. The predicted molar refractivity (Wildman–Crippen MR) is 70.2 cm³/mol. The Morgan fingerprint density at radius 3 is 3.00 bits per heavy atom. The van der Waals surface area contributed by atoms with Crippen LogP contribution in [0.25, 0.3) is 5.65 Å². The van der Waals surface area contributed by atoms with Gasteiger partial charge in [-0.05, 0) is 38.6 Å². The Morgan fingerprint density at radius 1 is 1.39 bits per heavy atom. The molecule has 1 saturated heterocycles. The third-order valence-electron chi connectivity index (χ3n) is 3.88. The van der Waals surface area contributed by atoms with E-state index in [1.54, 1.807) is 0 Å². The van der Waals surface area contributed by atoms with Crippen LogP contribution >= 0.6 is 0 Å². The molecule has 5 heteroatoms. The molecule has 0 aromatic carbocycles. The molecule has 0 radical (unpaired) electrons. The van der Waals surface area contributed by atoms with Gasteiger partial charge in [0.15, 0.2) is 5.65 Å². The second-order valence-corrected chi connectivity index (χ2v) is 5.01. The smallest absolute Gasteiger partial charge is 0.161 e. The largest absolute Gasteiger partial charge is 0.325 e. The van der Waals surface area contributed by atoms with Crippen LogP contribution < -0.4 is 5.73 Å². The molecular formula is C13H19N5. The van der Waals surface area contributed by atoms with Crippen LogP contribution in [0.5, 0.6) is 0 Å². The van der Waals surface area contributed by atoms with Crippen LogP contribution in [0.1, 0.15) is 24.4 Å². The standard InChI is InChI=1S/C13H19N5/c1-17-7-3-5-10(17)8-13-16-15-12-6-2-4-11(9-14)18(12)13/h2,4,6,10H,3,5,7-9,14H2,1H3. The number of pyridine rings is 1. The molecule has 2 N–H and O–H groups in total. The highest BCUT2D eigenvalue weighted by atomic mass is 15.3. The van der Waals surface area contributed by atoms with Gasteiger partial charge in [-0.2, -0.15) is 0 Å². The molecule has 1 aliphatic rings. The Labute approximate surface area is 107 Å². The van der Waals surface area contributed by atoms with Crippen molar-refractivity contribution >= 4 is 5.65 Å². The van der Waals surface area contributed by atoms with Gasteiger partial charge in [0.25, 0.3) is 0 Å². The molecule has 3 rings (SSSR count). The number of hydrogen-bond acceptors (Lipinski definition) is 4. The average Bonchev–Trinajstić information content (AvgIpc) is 2.97.